The zero-order valence-corrected chi connectivity index (χ0v) is 20.8. The molecule has 5 rings (SSSR count). The van der Waals surface area contributed by atoms with E-state index in [0.29, 0.717) is 16.3 Å². The van der Waals surface area contributed by atoms with Gasteiger partial charge in [-0.25, -0.2) is 0 Å². The van der Waals surface area contributed by atoms with Crippen LogP contribution >= 0.6 is 0 Å². The highest BCUT2D eigenvalue weighted by molar-refractivity contribution is 6.05. The van der Waals surface area contributed by atoms with Crippen molar-refractivity contribution in [3.63, 3.8) is 0 Å². The van der Waals surface area contributed by atoms with Gasteiger partial charge in [0.25, 0.3) is 0 Å². The van der Waals surface area contributed by atoms with Crippen LogP contribution < -0.4 is 4.74 Å². The Hall–Kier alpha value is -4.56. The van der Waals surface area contributed by atoms with E-state index in [9.17, 15) is 52.7 Å². The minimum absolute atomic E-state index is 0.0694. The molecule has 15 heteroatoms. The molecule has 0 saturated carbocycles. The molecular formula is C28H12F12N2O. The average molecular weight is 620 g/mol. The monoisotopic (exact) mass is 620 g/mol. The van der Waals surface area contributed by atoms with Crippen LogP contribution in [0.3, 0.4) is 0 Å². The van der Waals surface area contributed by atoms with Crippen LogP contribution in [-0.4, -0.2) is 10.2 Å². The van der Waals surface area contributed by atoms with E-state index in [1.165, 1.54) is 18.2 Å². The molecule has 0 aliphatic heterocycles. The molecule has 0 radical (unpaired) electrons. The van der Waals surface area contributed by atoms with Crippen molar-refractivity contribution in [1.29, 1.82) is 0 Å². The highest BCUT2D eigenvalue weighted by Crippen LogP contribution is 2.55. The van der Waals surface area contributed by atoms with E-state index in [1.54, 1.807) is 48.5 Å². The summed E-state index contributed by atoms with van der Waals surface area (Å²) in [4.78, 5) is 0. The maximum atomic E-state index is 14.1. The predicted octanol–water partition coefficient (Wildman–Crippen LogP) is 10.3. The van der Waals surface area contributed by atoms with Crippen molar-refractivity contribution in [3.05, 3.63) is 95.1 Å². The van der Waals surface area contributed by atoms with Gasteiger partial charge in [0.1, 0.15) is 11.3 Å². The van der Waals surface area contributed by atoms with Gasteiger partial charge >= 0.3 is 24.7 Å². The molecular weight excluding hydrogens is 608 g/mol. The van der Waals surface area contributed by atoms with E-state index in [0.717, 1.165) is 0 Å². The fourth-order valence-corrected chi connectivity index (χ4v) is 4.57. The summed E-state index contributed by atoms with van der Waals surface area (Å²) in [6.45, 7) is 0. The van der Waals surface area contributed by atoms with Crippen LogP contribution in [0, 0.1) is 0 Å². The van der Waals surface area contributed by atoms with E-state index >= 15 is 0 Å². The summed E-state index contributed by atoms with van der Waals surface area (Å²) < 4.78 is 171. The van der Waals surface area contributed by atoms with Gasteiger partial charge in [-0.2, -0.15) is 52.7 Å². The fraction of sp³-hybridized carbons (Fsp3) is 0.143. The third-order valence-corrected chi connectivity index (χ3v) is 6.32. The number of alkyl halides is 12. The third kappa shape index (κ3) is 5.62. The Kier molecular flexibility index (Phi) is 6.97. The van der Waals surface area contributed by atoms with Crippen LogP contribution in [0.5, 0.6) is 11.6 Å². The lowest BCUT2D eigenvalue weighted by Gasteiger charge is -2.26. The lowest BCUT2D eigenvalue weighted by atomic mass is 9.94. The van der Waals surface area contributed by atoms with Gasteiger partial charge in [-0.15, -0.1) is 10.2 Å². The molecule has 0 unspecified atom stereocenters. The van der Waals surface area contributed by atoms with Gasteiger partial charge in [0.15, 0.2) is 5.75 Å². The van der Waals surface area contributed by atoms with E-state index < -0.39 is 64.7 Å². The molecule has 0 spiro atoms. The number of hydrogen-bond donors (Lipinski definition) is 0. The number of benzene rings is 4. The minimum Gasteiger partial charge on any atom is -0.436 e. The van der Waals surface area contributed by atoms with Crippen LogP contribution in [0.2, 0.25) is 0 Å². The second-order valence-electron chi connectivity index (χ2n) is 9.11. The molecule has 0 atom stereocenters. The number of ether oxygens (including phenoxy) is 1. The molecule has 0 amide bonds. The first kappa shape index (κ1) is 29.9. The van der Waals surface area contributed by atoms with Gasteiger partial charge in [0, 0.05) is 16.3 Å². The summed E-state index contributed by atoms with van der Waals surface area (Å²) in [6.07, 6.45) is -25.1. The normalized spacial score (nSPS) is 13.1. The Balaban J connectivity index is 1.90. The zero-order chi connectivity index (χ0) is 31.5. The molecule has 43 heavy (non-hydrogen) atoms. The topological polar surface area (TPSA) is 35.0 Å². The molecule has 224 valence electrons. The van der Waals surface area contributed by atoms with Gasteiger partial charge in [-0.05, 0) is 29.0 Å². The first-order valence-corrected chi connectivity index (χ1v) is 11.8. The van der Waals surface area contributed by atoms with Crippen LogP contribution in [0.1, 0.15) is 22.3 Å². The van der Waals surface area contributed by atoms with Crippen molar-refractivity contribution in [2.75, 3.05) is 0 Å². The highest BCUT2D eigenvalue weighted by atomic mass is 19.4. The number of halogens is 12. The van der Waals surface area contributed by atoms with Crippen LogP contribution in [0.15, 0.2) is 72.8 Å². The van der Waals surface area contributed by atoms with Gasteiger partial charge < -0.3 is 4.74 Å². The van der Waals surface area contributed by atoms with Crippen molar-refractivity contribution in [3.8, 4) is 22.9 Å². The van der Waals surface area contributed by atoms with Crippen molar-refractivity contribution in [1.82, 2.24) is 10.2 Å². The summed E-state index contributed by atoms with van der Waals surface area (Å²) in [6, 6.07) is 15.9. The third-order valence-electron chi connectivity index (χ3n) is 6.32. The van der Waals surface area contributed by atoms with Gasteiger partial charge in [-0.3, -0.25) is 0 Å². The van der Waals surface area contributed by atoms with E-state index in [1.807, 2.05) is 0 Å². The molecule has 0 fully saturated rings. The maximum Gasteiger partial charge on any atom is 0.420 e. The van der Waals surface area contributed by atoms with E-state index in [4.69, 9.17) is 4.74 Å². The molecule has 0 N–H and O–H groups in total. The lowest BCUT2D eigenvalue weighted by molar-refractivity contribution is -0.177. The molecule has 0 bridgehead atoms. The zero-order valence-electron chi connectivity index (χ0n) is 20.8. The standard InChI is InChI=1S/C28H12F12N2O/c29-25(30,31)18-12-19(26(32,33)34)23(21(28(38,39)40)20(18)27(35,36)37)43-24-17-11-15-9-5-4-8-14(15)10-16(17)22(41-42-24)13-6-2-1-3-7-13/h1-12H. The van der Waals surface area contributed by atoms with Crippen molar-refractivity contribution < 1.29 is 57.4 Å². The average Bonchev–Trinajstić information content (AvgIpc) is 2.90. The quantitative estimate of drug-likeness (QED) is 0.149. The fourth-order valence-electron chi connectivity index (χ4n) is 4.57. The van der Waals surface area contributed by atoms with Crippen molar-refractivity contribution in [2.45, 2.75) is 24.7 Å². The predicted molar refractivity (Wildman–Crippen MR) is 129 cm³/mol. The molecule has 0 aliphatic rings. The summed E-state index contributed by atoms with van der Waals surface area (Å²) in [7, 11) is 0. The first-order valence-electron chi connectivity index (χ1n) is 11.8. The van der Waals surface area contributed by atoms with Gasteiger partial charge in [0.05, 0.1) is 16.7 Å². The van der Waals surface area contributed by atoms with Gasteiger partial charge in [-0.1, -0.05) is 54.6 Å². The number of fused-ring (bicyclic) bond motifs is 2. The summed E-state index contributed by atoms with van der Waals surface area (Å²) in [5.41, 5.74) is -12.1. The Labute approximate surface area is 232 Å². The second kappa shape index (κ2) is 10.0. The van der Waals surface area contributed by atoms with Gasteiger partial charge in [0.2, 0.25) is 5.88 Å². The SMILES string of the molecule is FC(F)(F)c1cc(C(F)(F)F)c(C(F)(F)F)c(C(F)(F)F)c1Oc1nnc(-c2ccccc2)c2cc3ccccc3cc12. The van der Waals surface area contributed by atoms with Crippen LogP contribution in [-0.2, 0) is 24.7 Å². The van der Waals surface area contributed by atoms with Crippen LogP contribution in [0.25, 0.3) is 32.8 Å². The number of rotatable bonds is 3. The summed E-state index contributed by atoms with van der Waals surface area (Å²) >= 11 is 0. The minimum atomic E-state index is -6.40. The molecule has 0 aliphatic carbocycles. The first-order chi connectivity index (χ1) is 19.9. The smallest absolute Gasteiger partial charge is 0.420 e. The highest BCUT2D eigenvalue weighted by Gasteiger charge is 2.55. The number of nitrogens with zero attached hydrogens (tertiary/aromatic N) is 2. The van der Waals surface area contributed by atoms with Crippen molar-refractivity contribution >= 4 is 21.5 Å². The Morgan fingerprint density at radius 3 is 1.51 bits per heavy atom. The largest absolute Gasteiger partial charge is 0.436 e. The summed E-state index contributed by atoms with van der Waals surface area (Å²) in [5, 5.41) is 8.14. The van der Waals surface area contributed by atoms with E-state index in [2.05, 4.69) is 10.2 Å². The molecule has 1 heterocycles. The molecule has 1 aromatic heterocycles. The number of hydrogen-bond acceptors (Lipinski definition) is 3. The Morgan fingerprint density at radius 1 is 0.488 bits per heavy atom. The maximum absolute atomic E-state index is 14.1. The molecule has 0 saturated heterocycles. The lowest BCUT2D eigenvalue weighted by Crippen LogP contribution is -2.26. The summed E-state index contributed by atoms with van der Waals surface area (Å²) in [5.74, 6) is -3.67. The number of aromatic nitrogens is 2. The Bertz CT molecular complexity index is 1840. The second-order valence-corrected chi connectivity index (χ2v) is 9.11. The molecule has 3 nitrogen and oxygen atoms in total. The van der Waals surface area contributed by atoms with Crippen molar-refractivity contribution in [2.24, 2.45) is 0 Å². The van der Waals surface area contributed by atoms with Crippen LogP contribution in [0.4, 0.5) is 52.7 Å². The molecule has 4 aromatic carbocycles. The Morgan fingerprint density at radius 2 is 1.00 bits per heavy atom. The van der Waals surface area contributed by atoms with E-state index in [-0.39, 0.29) is 16.5 Å². The molecule has 5 aromatic rings.